The predicted molar refractivity (Wildman–Crippen MR) is 97.1 cm³/mol. The maximum atomic E-state index is 12.2. The summed E-state index contributed by atoms with van der Waals surface area (Å²) in [6, 6.07) is 5.30. The molecule has 8 heteroatoms. The lowest BCUT2D eigenvalue weighted by atomic mass is 10.00. The molecule has 1 aliphatic rings. The molecule has 8 nitrogen and oxygen atoms in total. The molecule has 0 atom stereocenters. The van der Waals surface area contributed by atoms with Crippen LogP contribution < -0.4 is 5.56 Å². The fraction of sp³-hybridized carbons (Fsp3) is 0.444. The third kappa shape index (κ3) is 3.32. The molecule has 0 unspecified atom stereocenters. The lowest BCUT2D eigenvalue weighted by Gasteiger charge is -2.38. The lowest BCUT2D eigenvalue weighted by Crippen LogP contribution is -2.49. The summed E-state index contributed by atoms with van der Waals surface area (Å²) < 4.78 is 5.30. The summed E-state index contributed by atoms with van der Waals surface area (Å²) >= 11 is 0. The average Bonchev–Trinajstić information content (AvgIpc) is 3.12. The largest absolute Gasteiger partial charge is 0.340 e. The molecule has 0 aliphatic carbocycles. The molecule has 0 radical (unpaired) electrons. The van der Waals surface area contributed by atoms with Crippen molar-refractivity contribution in [2.75, 3.05) is 13.1 Å². The Bertz CT molecular complexity index is 978. The van der Waals surface area contributed by atoms with E-state index < -0.39 is 0 Å². The van der Waals surface area contributed by atoms with E-state index in [4.69, 9.17) is 0 Å². The van der Waals surface area contributed by atoms with Gasteiger partial charge in [0.2, 0.25) is 0 Å². The van der Waals surface area contributed by atoms with E-state index in [-0.39, 0.29) is 5.56 Å². The molecule has 0 aromatic carbocycles. The van der Waals surface area contributed by atoms with Crippen LogP contribution in [0.4, 0.5) is 0 Å². The van der Waals surface area contributed by atoms with E-state index in [1.54, 1.807) is 21.5 Å². The van der Waals surface area contributed by atoms with Crippen molar-refractivity contribution in [3.05, 3.63) is 58.2 Å². The summed E-state index contributed by atoms with van der Waals surface area (Å²) in [6.07, 6.45) is 3.86. The van der Waals surface area contributed by atoms with Crippen LogP contribution in [0.15, 0.2) is 35.5 Å². The smallest absolute Gasteiger partial charge is 0.266 e. The molecule has 4 heterocycles. The molecule has 0 spiro atoms. The zero-order chi connectivity index (χ0) is 18.3. The van der Waals surface area contributed by atoms with Gasteiger partial charge in [0.1, 0.15) is 0 Å². The van der Waals surface area contributed by atoms with E-state index >= 15 is 0 Å². The molecule has 3 aromatic rings. The molecule has 0 saturated carbocycles. The van der Waals surface area contributed by atoms with Gasteiger partial charge in [0.15, 0.2) is 5.82 Å². The number of hydrogen-bond acceptors (Lipinski definition) is 5. The lowest BCUT2D eigenvalue weighted by molar-refractivity contribution is 0.0755. The van der Waals surface area contributed by atoms with Gasteiger partial charge in [-0.25, -0.2) is 14.3 Å². The highest BCUT2D eigenvalue weighted by atomic mass is 16.1. The number of rotatable bonds is 5. The number of nitrogens with zero attached hydrogens (tertiary/aromatic N) is 7. The minimum Gasteiger partial charge on any atom is -0.340 e. The Hall–Kier alpha value is -2.74. The molecule has 1 saturated heterocycles. The molecule has 26 heavy (non-hydrogen) atoms. The van der Waals surface area contributed by atoms with Gasteiger partial charge in [-0.1, -0.05) is 0 Å². The Labute approximate surface area is 151 Å². The SMILES string of the molecule is Cc1cc(C)n(-c2ccc(=O)n(CC3CN(Cc4cn(C)cn4)C3)n2)n1. The monoisotopic (exact) mass is 353 g/mol. The van der Waals surface area contributed by atoms with E-state index in [1.807, 2.05) is 44.1 Å². The first kappa shape index (κ1) is 16.7. The molecule has 1 fully saturated rings. The summed E-state index contributed by atoms with van der Waals surface area (Å²) in [5, 5.41) is 8.97. The average molecular weight is 353 g/mol. The number of aromatic nitrogens is 6. The quantitative estimate of drug-likeness (QED) is 0.682. The predicted octanol–water partition coefficient (Wildman–Crippen LogP) is 0.911. The Morgan fingerprint density at radius 1 is 1.19 bits per heavy atom. The Kier molecular flexibility index (Phi) is 4.20. The Morgan fingerprint density at radius 3 is 2.65 bits per heavy atom. The molecule has 136 valence electrons. The molecule has 0 bridgehead atoms. The van der Waals surface area contributed by atoms with Gasteiger partial charge in [-0.05, 0) is 26.0 Å². The highest BCUT2D eigenvalue weighted by Gasteiger charge is 2.28. The van der Waals surface area contributed by atoms with Crippen molar-refractivity contribution in [3.63, 3.8) is 0 Å². The number of likely N-dealkylation sites (tertiary alicyclic amines) is 1. The second kappa shape index (κ2) is 6.53. The number of hydrogen-bond donors (Lipinski definition) is 0. The summed E-state index contributed by atoms with van der Waals surface area (Å²) in [7, 11) is 1.98. The first-order chi connectivity index (χ1) is 12.5. The van der Waals surface area contributed by atoms with Crippen molar-refractivity contribution in [1.82, 2.24) is 34.0 Å². The van der Waals surface area contributed by atoms with Gasteiger partial charge in [-0.15, -0.1) is 5.10 Å². The van der Waals surface area contributed by atoms with Crippen LogP contribution in [0.5, 0.6) is 0 Å². The van der Waals surface area contributed by atoms with Gasteiger partial charge >= 0.3 is 0 Å². The van der Waals surface area contributed by atoms with Crippen LogP contribution in [0.3, 0.4) is 0 Å². The highest BCUT2D eigenvalue weighted by molar-refractivity contribution is 5.23. The maximum absolute atomic E-state index is 12.2. The second-order valence-electron chi connectivity index (χ2n) is 7.14. The van der Waals surface area contributed by atoms with Crippen LogP contribution in [-0.2, 0) is 20.1 Å². The Balaban J connectivity index is 1.42. The second-order valence-corrected chi connectivity index (χ2v) is 7.14. The summed E-state index contributed by atoms with van der Waals surface area (Å²) in [5.41, 5.74) is 2.95. The van der Waals surface area contributed by atoms with Crippen LogP contribution >= 0.6 is 0 Å². The van der Waals surface area contributed by atoms with Crippen molar-refractivity contribution in [2.45, 2.75) is 26.9 Å². The van der Waals surface area contributed by atoms with Crippen molar-refractivity contribution < 1.29 is 0 Å². The fourth-order valence-electron chi connectivity index (χ4n) is 3.49. The van der Waals surface area contributed by atoms with Crippen molar-refractivity contribution in [1.29, 1.82) is 0 Å². The number of imidazole rings is 1. The molecular weight excluding hydrogens is 330 g/mol. The molecule has 0 amide bonds. The van der Waals surface area contributed by atoms with E-state index in [0.29, 0.717) is 18.3 Å². The van der Waals surface area contributed by atoms with Crippen molar-refractivity contribution in [3.8, 4) is 5.82 Å². The summed E-state index contributed by atoms with van der Waals surface area (Å²) in [6.45, 7) is 7.32. The minimum atomic E-state index is -0.0709. The first-order valence-electron chi connectivity index (χ1n) is 8.79. The summed E-state index contributed by atoms with van der Waals surface area (Å²) in [4.78, 5) is 18.9. The molecule has 3 aromatic heterocycles. The molecule has 0 N–H and O–H groups in total. The maximum Gasteiger partial charge on any atom is 0.266 e. The van der Waals surface area contributed by atoms with Crippen LogP contribution in [0.2, 0.25) is 0 Å². The van der Waals surface area contributed by atoms with Crippen LogP contribution in [-0.4, -0.2) is 47.1 Å². The number of aryl methyl sites for hydroxylation is 3. The van der Waals surface area contributed by atoms with Gasteiger partial charge in [0.05, 0.1) is 24.3 Å². The van der Waals surface area contributed by atoms with Crippen molar-refractivity contribution in [2.24, 2.45) is 13.0 Å². The molecule has 4 rings (SSSR count). The van der Waals surface area contributed by atoms with Gasteiger partial charge in [0.25, 0.3) is 5.56 Å². The third-order valence-corrected chi connectivity index (χ3v) is 4.69. The zero-order valence-electron chi connectivity index (χ0n) is 15.3. The van der Waals surface area contributed by atoms with E-state index in [9.17, 15) is 4.79 Å². The van der Waals surface area contributed by atoms with Crippen molar-refractivity contribution >= 4 is 0 Å². The zero-order valence-corrected chi connectivity index (χ0v) is 15.3. The van der Waals surface area contributed by atoms with E-state index in [1.165, 1.54) is 0 Å². The third-order valence-electron chi connectivity index (χ3n) is 4.69. The van der Waals surface area contributed by atoms with Crippen LogP contribution in [0, 0.1) is 19.8 Å². The molecule has 1 aliphatic heterocycles. The fourth-order valence-corrected chi connectivity index (χ4v) is 3.49. The van der Waals surface area contributed by atoms with Gasteiger partial charge < -0.3 is 4.57 Å². The van der Waals surface area contributed by atoms with Crippen LogP contribution in [0.25, 0.3) is 5.82 Å². The van der Waals surface area contributed by atoms with Crippen LogP contribution in [0.1, 0.15) is 17.1 Å². The Morgan fingerprint density at radius 2 is 2.00 bits per heavy atom. The standard InChI is InChI=1S/C18H23N7O/c1-13-6-14(2)25(20-13)17-4-5-18(26)24(21-17)9-15-7-23(8-15)11-16-10-22(3)12-19-16/h4-6,10,12,15H,7-9,11H2,1-3H3. The van der Waals surface area contributed by atoms with Gasteiger partial charge in [-0.3, -0.25) is 9.69 Å². The topological polar surface area (TPSA) is 73.8 Å². The van der Waals surface area contributed by atoms with Gasteiger partial charge in [0, 0.05) is 50.6 Å². The van der Waals surface area contributed by atoms with E-state index in [2.05, 4.69) is 20.1 Å². The summed E-state index contributed by atoms with van der Waals surface area (Å²) in [5.74, 6) is 1.11. The highest BCUT2D eigenvalue weighted by Crippen LogP contribution is 2.19. The first-order valence-corrected chi connectivity index (χ1v) is 8.79. The van der Waals surface area contributed by atoms with Gasteiger partial charge in [-0.2, -0.15) is 5.10 Å². The normalized spacial score (nSPS) is 15.3. The molecular formula is C18H23N7O. The minimum absolute atomic E-state index is 0.0709. The van der Waals surface area contributed by atoms with E-state index in [0.717, 1.165) is 36.7 Å².